The highest BCUT2D eigenvalue weighted by molar-refractivity contribution is 6.33. The molecule has 0 amide bonds. The first kappa shape index (κ1) is 15.6. The van der Waals surface area contributed by atoms with E-state index in [0.29, 0.717) is 10.8 Å². The number of halogens is 1. The molecule has 4 nitrogen and oxygen atoms in total. The zero-order valence-electron chi connectivity index (χ0n) is 13.1. The van der Waals surface area contributed by atoms with Gasteiger partial charge in [0.05, 0.1) is 10.7 Å². The lowest BCUT2D eigenvalue weighted by atomic mass is 10.1. The minimum absolute atomic E-state index is 0.0525. The molecule has 2 N–H and O–H groups in total. The Balaban J connectivity index is 2.27. The molecule has 112 valence electrons. The molecule has 1 aromatic heterocycles. The van der Waals surface area contributed by atoms with Gasteiger partial charge in [-0.1, -0.05) is 17.7 Å². The first-order chi connectivity index (χ1) is 9.74. The van der Waals surface area contributed by atoms with Crippen LogP contribution in [0.2, 0.25) is 5.02 Å². The minimum atomic E-state index is -0.0525. The van der Waals surface area contributed by atoms with Crippen LogP contribution >= 0.6 is 11.6 Å². The third kappa shape index (κ3) is 4.33. The van der Waals surface area contributed by atoms with E-state index < -0.39 is 0 Å². The maximum absolute atomic E-state index is 6.31. The monoisotopic (exact) mass is 304 g/mol. The van der Waals surface area contributed by atoms with Gasteiger partial charge in [-0.3, -0.25) is 0 Å². The maximum atomic E-state index is 6.31. The summed E-state index contributed by atoms with van der Waals surface area (Å²) in [5.74, 6) is 1.49. The van der Waals surface area contributed by atoms with Crippen LogP contribution < -0.4 is 10.6 Å². The van der Waals surface area contributed by atoms with Crippen LogP contribution in [0, 0.1) is 13.8 Å². The van der Waals surface area contributed by atoms with Crippen molar-refractivity contribution in [3.8, 4) is 0 Å². The SMILES string of the molecule is Cc1cc(C)c(Nc2cc(NC(C)(C)C)ncn2)c(Cl)c1. The molecule has 0 saturated heterocycles. The van der Waals surface area contributed by atoms with Crippen molar-refractivity contribution in [2.24, 2.45) is 0 Å². The van der Waals surface area contributed by atoms with E-state index in [0.717, 1.165) is 22.6 Å². The van der Waals surface area contributed by atoms with Crippen LogP contribution in [0.15, 0.2) is 24.5 Å². The smallest absolute Gasteiger partial charge is 0.135 e. The second-order valence-electron chi connectivity index (χ2n) is 6.23. The highest BCUT2D eigenvalue weighted by Gasteiger charge is 2.11. The average molecular weight is 305 g/mol. The summed E-state index contributed by atoms with van der Waals surface area (Å²) in [5, 5.41) is 7.28. The number of nitrogens with zero attached hydrogens (tertiary/aromatic N) is 2. The normalized spacial score (nSPS) is 11.3. The van der Waals surface area contributed by atoms with Crippen molar-refractivity contribution in [3.05, 3.63) is 40.7 Å². The van der Waals surface area contributed by atoms with E-state index in [2.05, 4.69) is 47.4 Å². The lowest BCUT2D eigenvalue weighted by Crippen LogP contribution is -2.26. The van der Waals surface area contributed by atoms with E-state index in [-0.39, 0.29) is 5.54 Å². The number of aromatic nitrogens is 2. The predicted octanol–water partition coefficient (Wildman–Crippen LogP) is 4.70. The molecule has 0 bridgehead atoms. The van der Waals surface area contributed by atoms with E-state index in [1.54, 1.807) is 0 Å². The number of anilines is 3. The second-order valence-corrected chi connectivity index (χ2v) is 6.63. The van der Waals surface area contributed by atoms with E-state index in [9.17, 15) is 0 Å². The number of hydrogen-bond acceptors (Lipinski definition) is 4. The summed E-state index contributed by atoms with van der Waals surface area (Å²) in [6.45, 7) is 10.3. The Bertz CT molecular complexity index is 624. The maximum Gasteiger partial charge on any atom is 0.135 e. The van der Waals surface area contributed by atoms with Crippen molar-refractivity contribution in [1.29, 1.82) is 0 Å². The number of aryl methyl sites for hydroxylation is 2. The number of hydrogen-bond donors (Lipinski definition) is 2. The first-order valence-corrected chi connectivity index (χ1v) is 7.26. The van der Waals surface area contributed by atoms with Crippen LogP contribution in [0.4, 0.5) is 17.3 Å². The standard InChI is InChI=1S/C16H21ClN4/c1-10-6-11(2)15(12(17)7-10)20-13-8-14(19-9-18-13)21-16(3,4)5/h6-9H,1-5H3,(H2,18,19,20,21). The summed E-state index contributed by atoms with van der Waals surface area (Å²) < 4.78 is 0. The van der Waals surface area contributed by atoms with Crippen molar-refractivity contribution < 1.29 is 0 Å². The highest BCUT2D eigenvalue weighted by Crippen LogP contribution is 2.30. The van der Waals surface area contributed by atoms with E-state index >= 15 is 0 Å². The van der Waals surface area contributed by atoms with Gasteiger partial charge in [0.1, 0.15) is 18.0 Å². The molecule has 21 heavy (non-hydrogen) atoms. The fourth-order valence-corrected chi connectivity index (χ4v) is 2.45. The van der Waals surface area contributed by atoms with Crippen LogP contribution in [0.5, 0.6) is 0 Å². The number of rotatable bonds is 3. The van der Waals surface area contributed by atoms with E-state index in [1.165, 1.54) is 6.33 Å². The molecule has 0 atom stereocenters. The van der Waals surface area contributed by atoms with Gasteiger partial charge in [0.15, 0.2) is 0 Å². The molecule has 0 unspecified atom stereocenters. The molecular weight excluding hydrogens is 284 g/mol. The largest absolute Gasteiger partial charge is 0.365 e. The van der Waals surface area contributed by atoms with E-state index in [4.69, 9.17) is 11.6 Å². The van der Waals surface area contributed by atoms with Crippen LogP contribution in [0.25, 0.3) is 0 Å². The summed E-state index contributed by atoms with van der Waals surface area (Å²) in [6, 6.07) is 5.90. The third-order valence-corrected chi connectivity index (χ3v) is 3.15. The van der Waals surface area contributed by atoms with Crippen molar-refractivity contribution >= 4 is 28.9 Å². The van der Waals surface area contributed by atoms with Gasteiger partial charge in [0.2, 0.25) is 0 Å². The van der Waals surface area contributed by atoms with Gasteiger partial charge in [-0.15, -0.1) is 0 Å². The lowest BCUT2D eigenvalue weighted by Gasteiger charge is -2.21. The minimum Gasteiger partial charge on any atom is -0.365 e. The zero-order valence-corrected chi connectivity index (χ0v) is 13.8. The Morgan fingerprint density at radius 1 is 1.00 bits per heavy atom. The van der Waals surface area contributed by atoms with Gasteiger partial charge in [0, 0.05) is 11.6 Å². The summed E-state index contributed by atoms with van der Waals surface area (Å²) in [6.07, 6.45) is 1.54. The number of benzene rings is 1. The second kappa shape index (κ2) is 5.90. The van der Waals surface area contributed by atoms with E-state index in [1.807, 2.05) is 26.0 Å². The van der Waals surface area contributed by atoms with Gasteiger partial charge in [-0.05, 0) is 51.8 Å². The Labute approximate surface area is 131 Å². The molecule has 2 rings (SSSR count). The van der Waals surface area contributed by atoms with Crippen molar-refractivity contribution in [2.45, 2.75) is 40.2 Å². The molecule has 0 aliphatic rings. The van der Waals surface area contributed by atoms with Crippen LogP contribution in [-0.2, 0) is 0 Å². The summed E-state index contributed by atoms with van der Waals surface area (Å²) >= 11 is 6.31. The Kier molecular flexibility index (Phi) is 4.37. The molecule has 2 aromatic rings. The molecular formula is C16H21ClN4. The molecule has 1 heterocycles. The molecule has 0 aliphatic heterocycles. The lowest BCUT2D eigenvalue weighted by molar-refractivity contribution is 0.630. The number of nitrogens with one attached hydrogen (secondary N) is 2. The highest BCUT2D eigenvalue weighted by atomic mass is 35.5. The van der Waals surface area contributed by atoms with Gasteiger partial charge >= 0.3 is 0 Å². The van der Waals surface area contributed by atoms with Gasteiger partial charge in [-0.25, -0.2) is 9.97 Å². The first-order valence-electron chi connectivity index (χ1n) is 6.88. The molecule has 5 heteroatoms. The summed E-state index contributed by atoms with van der Waals surface area (Å²) in [7, 11) is 0. The molecule has 0 fully saturated rings. The van der Waals surface area contributed by atoms with Crippen LogP contribution in [-0.4, -0.2) is 15.5 Å². The summed E-state index contributed by atoms with van der Waals surface area (Å²) in [5.41, 5.74) is 3.05. The fraction of sp³-hybridized carbons (Fsp3) is 0.375. The molecule has 1 aromatic carbocycles. The topological polar surface area (TPSA) is 49.8 Å². The van der Waals surface area contributed by atoms with Gasteiger partial charge in [-0.2, -0.15) is 0 Å². The molecule has 0 radical (unpaired) electrons. The van der Waals surface area contributed by atoms with Gasteiger partial charge < -0.3 is 10.6 Å². The van der Waals surface area contributed by atoms with Gasteiger partial charge in [0.25, 0.3) is 0 Å². The quantitative estimate of drug-likeness (QED) is 0.863. The Morgan fingerprint density at radius 2 is 1.67 bits per heavy atom. The third-order valence-electron chi connectivity index (χ3n) is 2.85. The van der Waals surface area contributed by atoms with Crippen molar-refractivity contribution in [2.75, 3.05) is 10.6 Å². The van der Waals surface area contributed by atoms with Crippen molar-refractivity contribution in [1.82, 2.24) is 9.97 Å². The Morgan fingerprint density at radius 3 is 2.29 bits per heavy atom. The van der Waals surface area contributed by atoms with Crippen LogP contribution in [0.3, 0.4) is 0 Å². The van der Waals surface area contributed by atoms with Crippen LogP contribution in [0.1, 0.15) is 31.9 Å². The fourth-order valence-electron chi connectivity index (χ4n) is 2.08. The average Bonchev–Trinajstić information content (AvgIpc) is 2.32. The van der Waals surface area contributed by atoms with Crippen molar-refractivity contribution in [3.63, 3.8) is 0 Å². The predicted molar refractivity (Wildman–Crippen MR) is 89.6 cm³/mol. The molecule has 0 saturated carbocycles. The Hall–Kier alpha value is -1.81. The molecule has 0 aliphatic carbocycles. The zero-order chi connectivity index (χ0) is 15.6. The molecule has 0 spiro atoms. The summed E-state index contributed by atoms with van der Waals surface area (Å²) in [4.78, 5) is 8.48.